The molecule has 0 fully saturated rings. The predicted molar refractivity (Wildman–Crippen MR) is 73.9 cm³/mol. The fourth-order valence-corrected chi connectivity index (χ4v) is 2.17. The Morgan fingerprint density at radius 3 is 3.00 bits per heavy atom. The molecule has 8 nitrogen and oxygen atoms in total. The highest BCUT2D eigenvalue weighted by Gasteiger charge is 2.09. The van der Waals surface area contributed by atoms with E-state index in [1.807, 2.05) is 0 Å². The Bertz CT molecular complexity index is 1080. The van der Waals surface area contributed by atoms with Gasteiger partial charge >= 0.3 is 5.69 Å². The van der Waals surface area contributed by atoms with Crippen LogP contribution in [0.2, 0.25) is 0 Å². The highest BCUT2D eigenvalue weighted by molar-refractivity contribution is 5.79. The topological polar surface area (TPSA) is 116 Å². The van der Waals surface area contributed by atoms with E-state index in [1.165, 1.54) is 6.20 Å². The molecule has 0 saturated carbocycles. The lowest BCUT2D eigenvalue weighted by atomic mass is 10.2. The van der Waals surface area contributed by atoms with Crippen LogP contribution in [0.3, 0.4) is 0 Å². The van der Waals surface area contributed by atoms with E-state index in [0.29, 0.717) is 22.7 Å². The van der Waals surface area contributed by atoms with Gasteiger partial charge in [0, 0.05) is 0 Å². The van der Waals surface area contributed by atoms with Gasteiger partial charge in [-0.15, -0.1) is 0 Å². The molecular formula is C13H7N7O. The first-order chi connectivity index (χ1) is 10.2. The lowest BCUT2D eigenvalue weighted by Gasteiger charge is -2.01. The fourth-order valence-electron chi connectivity index (χ4n) is 2.17. The maximum absolute atomic E-state index is 11.2. The largest absolute Gasteiger partial charge is 0.325 e. The molecule has 4 rings (SSSR count). The van der Waals surface area contributed by atoms with Crippen molar-refractivity contribution in [2.45, 2.75) is 0 Å². The summed E-state index contributed by atoms with van der Waals surface area (Å²) in [5.74, 6) is 0.371. The summed E-state index contributed by atoms with van der Waals surface area (Å²) in [5, 5.41) is 8.99. The van der Waals surface area contributed by atoms with Crippen LogP contribution in [-0.4, -0.2) is 29.5 Å². The number of rotatable bonds is 1. The number of H-pyrrole nitrogens is 2. The lowest BCUT2D eigenvalue weighted by Crippen LogP contribution is -2.00. The smallest absolute Gasteiger partial charge is 0.303 e. The van der Waals surface area contributed by atoms with E-state index in [4.69, 9.17) is 5.26 Å². The molecule has 2 N–H and O–H groups in total. The van der Waals surface area contributed by atoms with Crippen molar-refractivity contribution in [3.63, 3.8) is 0 Å². The molecule has 3 aromatic heterocycles. The number of benzene rings is 1. The number of fused-ring (bicyclic) bond motifs is 2. The molecule has 0 aliphatic rings. The van der Waals surface area contributed by atoms with Crippen LogP contribution in [0.25, 0.3) is 28.1 Å². The molecule has 100 valence electrons. The van der Waals surface area contributed by atoms with Crippen LogP contribution >= 0.6 is 0 Å². The van der Waals surface area contributed by atoms with Gasteiger partial charge in [0.2, 0.25) is 5.95 Å². The summed E-state index contributed by atoms with van der Waals surface area (Å²) in [6, 6.07) is 7.27. The second kappa shape index (κ2) is 4.01. The van der Waals surface area contributed by atoms with Crippen molar-refractivity contribution in [3.05, 3.63) is 46.8 Å². The van der Waals surface area contributed by atoms with Gasteiger partial charge in [-0.25, -0.2) is 14.8 Å². The summed E-state index contributed by atoms with van der Waals surface area (Å²) in [5.41, 5.74) is 2.61. The normalized spacial score (nSPS) is 11.0. The Morgan fingerprint density at radius 1 is 1.24 bits per heavy atom. The van der Waals surface area contributed by atoms with Gasteiger partial charge in [-0.3, -0.25) is 9.55 Å². The molecule has 21 heavy (non-hydrogen) atoms. The van der Waals surface area contributed by atoms with Gasteiger partial charge in [-0.1, -0.05) is 0 Å². The molecule has 0 atom stereocenters. The average Bonchev–Trinajstić information content (AvgIpc) is 3.07. The fraction of sp³-hybridized carbons (Fsp3) is 0. The molecule has 0 aliphatic carbocycles. The highest BCUT2D eigenvalue weighted by Crippen LogP contribution is 2.18. The molecule has 8 heteroatoms. The van der Waals surface area contributed by atoms with Gasteiger partial charge in [-0.2, -0.15) is 10.2 Å². The molecule has 0 aliphatic heterocycles. The van der Waals surface area contributed by atoms with E-state index in [-0.39, 0.29) is 5.69 Å². The minimum absolute atomic E-state index is 0.335. The molecule has 0 amide bonds. The van der Waals surface area contributed by atoms with Gasteiger partial charge in [0.05, 0.1) is 28.9 Å². The van der Waals surface area contributed by atoms with Crippen LogP contribution < -0.4 is 5.69 Å². The zero-order valence-corrected chi connectivity index (χ0v) is 10.5. The number of nitrogens with zero attached hydrogens (tertiary/aromatic N) is 5. The number of aromatic nitrogens is 6. The monoisotopic (exact) mass is 277 g/mol. The maximum Gasteiger partial charge on any atom is 0.325 e. The van der Waals surface area contributed by atoms with Crippen molar-refractivity contribution >= 4 is 22.2 Å². The molecule has 0 bridgehead atoms. The highest BCUT2D eigenvalue weighted by atomic mass is 16.1. The Labute approximate surface area is 116 Å². The Balaban J connectivity index is 1.99. The van der Waals surface area contributed by atoms with E-state index in [0.717, 1.165) is 11.0 Å². The first kappa shape index (κ1) is 11.4. The number of hydrogen-bond acceptors (Lipinski definition) is 5. The van der Waals surface area contributed by atoms with Crippen molar-refractivity contribution < 1.29 is 0 Å². The second-order valence-electron chi connectivity index (χ2n) is 4.44. The van der Waals surface area contributed by atoms with Crippen LogP contribution in [0.5, 0.6) is 0 Å². The molecule has 1 aromatic carbocycles. The minimum Gasteiger partial charge on any atom is -0.303 e. The van der Waals surface area contributed by atoms with Crippen molar-refractivity contribution in [2.24, 2.45) is 0 Å². The summed E-state index contributed by atoms with van der Waals surface area (Å²) in [7, 11) is 0. The number of imidazole rings is 2. The van der Waals surface area contributed by atoms with E-state index < -0.39 is 0 Å². The van der Waals surface area contributed by atoms with E-state index in [1.54, 1.807) is 29.1 Å². The Morgan fingerprint density at radius 2 is 2.14 bits per heavy atom. The first-order valence-corrected chi connectivity index (χ1v) is 6.07. The predicted octanol–water partition coefficient (Wildman–Crippen LogP) is 0.857. The third-order valence-electron chi connectivity index (χ3n) is 3.15. The summed E-state index contributed by atoms with van der Waals surface area (Å²) >= 11 is 0. The third kappa shape index (κ3) is 1.68. The summed E-state index contributed by atoms with van der Waals surface area (Å²) < 4.78 is 1.67. The number of aromatic amines is 2. The van der Waals surface area contributed by atoms with Crippen LogP contribution in [0.15, 0.2) is 35.5 Å². The van der Waals surface area contributed by atoms with Crippen LogP contribution in [0.1, 0.15) is 5.56 Å². The zero-order valence-electron chi connectivity index (χ0n) is 10.5. The van der Waals surface area contributed by atoms with Crippen molar-refractivity contribution in [3.8, 4) is 12.0 Å². The quantitative estimate of drug-likeness (QED) is 0.535. The molecule has 0 unspecified atom stereocenters. The van der Waals surface area contributed by atoms with Gasteiger partial charge in [-0.05, 0) is 18.2 Å². The number of nitriles is 1. The average molecular weight is 277 g/mol. The van der Waals surface area contributed by atoms with Gasteiger partial charge in [0.15, 0.2) is 5.65 Å². The third-order valence-corrected chi connectivity index (χ3v) is 3.15. The summed E-state index contributed by atoms with van der Waals surface area (Å²) in [6.45, 7) is 0. The maximum atomic E-state index is 11.2. The molecule has 4 aromatic rings. The summed E-state index contributed by atoms with van der Waals surface area (Å²) in [6.07, 6.45) is 3.10. The van der Waals surface area contributed by atoms with E-state index in [2.05, 4.69) is 31.0 Å². The van der Waals surface area contributed by atoms with Crippen molar-refractivity contribution in [1.82, 2.24) is 29.5 Å². The van der Waals surface area contributed by atoms with Gasteiger partial charge < -0.3 is 4.98 Å². The standard InChI is InChI=1S/C13H7N7O/c14-4-7-1-2-8-10(3-7)20(6-16-8)12-15-5-9-11(18-12)19-13(21)17-9/h1-3,5-6H,(H2,15,17,18,19,21). The molecule has 0 radical (unpaired) electrons. The molecule has 3 heterocycles. The zero-order chi connectivity index (χ0) is 14.4. The number of nitrogens with one attached hydrogen (secondary N) is 2. The van der Waals surface area contributed by atoms with E-state index in [9.17, 15) is 4.79 Å². The first-order valence-electron chi connectivity index (χ1n) is 6.07. The van der Waals surface area contributed by atoms with Crippen LogP contribution in [0.4, 0.5) is 0 Å². The van der Waals surface area contributed by atoms with Crippen LogP contribution in [0, 0.1) is 11.3 Å². The van der Waals surface area contributed by atoms with Crippen LogP contribution in [-0.2, 0) is 0 Å². The van der Waals surface area contributed by atoms with Crippen molar-refractivity contribution in [1.29, 1.82) is 5.26 Å². The SMILES string of the molecule is N#Cc1ccc2ncn(-c3ncc4[nH]c(=O)[nH]c4n3)c2c1. The molecular weight excluding hydrogens is 270 g/mol. The second-order valence-corrected chi connectivity index (χ2v) is 4.44. The lowest BCUT2D eigenvalue weighted by molar-refractivity contribution is 0.961. The molecule has 0 spiro atoms. The Hall–Kier alpha value is -3.47. The van der Waals surface area contributed by atoms with Gasteiger partial charge in [0.25, 0.3) is 0 Å². The number of hydrogen-bond donors (Lipinski definition) is 2. The van der Waals surface area contributed by atoms with Gasteiger partial charge in [0.1, 0.15) is 11.8 Å². The summed E-state index contributed by atoms with van der Waals surface area (Å²) in [4.78, 5) is 29.2. The van der Waals surface area contributed by atoms with E-state index >= 15 is 0 Å². The van der Waals surface area contributed by atoms with Crippen molar-refractivity contribution in [2.75, 3.05) is 0 Å². The minimum atomic E-state index is -0.335. The molecule has 0 saturated heterocycles. The Kier molecular flexibility index (Phi) is 2.17.